The average Bonchev–Trinajstić information content (AvgIpc) is 2.48. The zero-order valence-corrected chi connectivity index (χ0v) is 12.1. The molecule has 1 fully saturated rings. The molecule has 0 unspecified atom stereocenters. The molecular weight excluding hydrogens is 252 g/mol. The Morgan fingerprint density at radius 2 is 1.95 bits per heavy atom. The molecule has 2 N–H and O–H groups in total. The van der Waals surface area contributed by atoms with E-state index in [0.29, 0.717) is 13.0 Å². The summed E-state index contributed by atoms with van der Waals surface area (Å²) in [5, 5.41) is 12.5. The topological polar surface area (TPSA) is 52.6 Å². The summed E-state index contributed by atoms with van der Waals surface area (Å²) >= 11 is 0. The summed E-state index contributed by atoms with van der Waals surface area (Å²) in [7, 11) is 0. The molecule has 1 aliphatic rings. The Hall–Kier alpha value is -1.39. The van der Waals surface area contributed by atoms with Crippen molar-refractivity contribution in [1.82, 2.24) is 10.2 Å². The normalized spacial score (nSPS) is 17.1. The SMILES string of the molecule is CCC(=O)NCc1ccccc1CN1CCC(O)CC1. The first kappa shape index (κ1) is 15.0. The Morgan fingerprint density at radius 3 is 2.60 bits per heavy atom. The van der Waals surface area contributed by atoms with Crippen LogP contribution in [0.25, 0.3) is 0 Å². The van der Waals surface area contributed by atoms with Crippen molar-refractivity contribution >= 4 is 5.91 Å². The lowest BCUT2D eigenvalue weighted by Gasteiger charge is -2.30. The Balaban J connectivity index is 1.95. The molecule has 0 spiro atoms. The number of hydrogen-bond acceptors (Lipinski definition) is 3. The Bertz CT molecular complexity index is 440. The van der Waals surface area contributed by atoms with Gasteiger partial charge in [0.15, 0.2) is 0 Å². The predicted octanol–water partition coefficient (Wildman–Crippen LogP) is 1.67. The number of piperidine rings is 1. The first-order valence-electron chi connectivity index (χ1n) is 7.43. The number of benzene rings is 1. The average molecular weight is 276 g/mol. The van der Waals surface area contributed by atoms with Crippen LogP contribution in [0, 0.1) is 0 Å². The van der Waals surface area contributed by atoms with Gasteiger partial charge in [-0.2, -0.15) is 0 Å². The molecule has 20 heavy (non-hydrogen) atoms. The molecule has 0 atom stereocenters. The van der Waals surface area contributed by atoms with E-state index in [1.165, 1.54) is 11.1 Å². The van der Waals surface area contributed by atoms with Crippen LogP contribution in [0.1, 0.15) is 37.3 Å². The number of carbonyl (C=O) groups is 1. The maximum Gasteiger partial charge on any atom is 0.219 e. The van der Waals surface area contributed by atoms with Gasteiger partial charge in [-0.15, -0.1) is 0 Å². The fourth-order valence-electron chi connectivity index (χ4n) is 2.52. The summed E-state index contributed by atoms with van der Waals surface area (Å²) < 4.78 is 0. The van der Waals surface area contributed by atoms with E-state index in [0.717, 1.165) is 32.5 Å². The van der Waals surface area contributed by atoms with E-state index >= 15 is 0 Å². The first-order chi connectivity index (χ1) is 9.69. The van der Waals surface area contributed by atoms with Gasteiger partial charge in [-0.3, -0.25) is 9.69 Å². The number of hydrogen-bond donors (Lipinski definition) is 2. The van der Waals surface area contributed by atoms with E-state index in [4.69, 9.17) is 0 Å². The van der Waals surface area contributed by atoms with Crippen molar-refractivity contribution in [2.45, 2.75) is 45.4 Å². The molecule has 1 heterocycles. The van der Waals surface area contributed by atoms with Crippen LogP contribution < -0.4 is 5.32 Å². The van der Waals surface area contributed by atoms with Crippen molar-refractivity contribution in [3.05, 3.63) is 35.4 Å². The number of aliphatic hydroxyl groups excluding tert-OH is 1. The molecule has 0 aromatic heterocycles. The second-order valence-electron chi connectivity index (χ2n) is 5.41. The molecule has 2 rings (SSSR count). The van der Waals surface area contributed by atoms with Gasteiger partial charge < -0.3 is 10.4 Å². The lowest BCUT2D eigenvalue weighted by molar-refractivity contribution is -0.120. The number of nitrogens with zero attached hydrogens (tertiary/aromatic N) is 1. The molecule has 1 amide bonds. The van der Waals surface area contributed by atoms with Gasteiger partial charge in [0.05, 0.1) is 6.10 Å². The van der Waals surface area contributed by atoms with Gasteiger partial charge in [0, 0.05) is 32.6 Å². The van der Waals surface area contributed by atoms with Crippen molar-refractivity contribution in [2.24, 2.45) is 0 Å². The molecule has 4 heteroatoms. The third-order valence-electron chi connectivity index (χ3n) is 3.87. The van der Waals surface area contributed by atoms with Gasteiger partial charge in [0.2, 0.25) is 5.91 Å². The van der Waals surface area contributed by atoms with E-state index < -0.39 is 0 Å². The van der Waals surface area contributed by atoms with Gasteiger partial charge >= 0.3 is 0 Å². The van der Waals surface area contributed by atoms with Gasteiger partial charge in [0.1, 0.15) is 0 Å². The summed E-state index contributed by atoms with van der Waals surface area (Å²) in [4.78, 5) is 13.7. The summed E-state index contributed by atoms with van der Waals surface area (Å²) in [5.74, 6) is 0.0842. The van der Waals surface area contributed by atoms with Crippen molar-refractivity contribution in [1.29, 1.82) is 0 Å². The van der Waals surface area contributed by atoms with Crippen molar-refractivity contribution in [2.75, 3.05) is 13.1 Å². The van der Waals surface area contributed by atoms with Crippen LogP contribution >= 0.6 is 0 Å². The minimum absolute atomic E-state index is 0.0842. The zero-order valence-electron chi connectivity index (χ0n) is 12.1. The van der Waals surface area contributed by atoms with Gasteiger partial charge in [-0.05, 0) is 24.0 Å². The molecule has 110 valence electrons. The third-order valence-corrected chi connectivity index (χ3v) is 3.87. The van der Waals surface area contributed by atoms with Crippen LogP contribution in [0.4, 0.5) is 0 Å². The first-order valence-corrected chi connectivity index (χ1v) is 7.43. The third kappa shape index (κ3) is 4.32. The maximum absolute atomic E-state index is 11.4. The lowest BCUT2D eigenvalue weighted by atomic mass is 10.0. The van der Waals surface area contributed by atoms with Gasteiger partial charge in [-0.25, -0.2) is 0 Å². The lowest BCUT2D eigenvalue weighted by Crippen LogP contribution is -2.35. The fourth-order valence-corrected chi connectivity index (χ4v) is 2.52. The standard InChI is InChI=1S/C16H24N2O2/c1-2-16(20)17-11-13-5-3-4-6-14(13)12-18-9-7-15(19)8-10-18/h3-6,15,19H,2,7-12H2,1H3,(H,17,20). The second-order valence-corrected chi connectivity index (χ2v) is 5.41. The van der Waals surface area contributed by atoms with Crippen LogP contribution in [0.5, 0.6) is 0 Å². The largest absolute Gasteiger partial charge is 0.393 e. The van der Waals surface area contributed by atoms with E-state index in [2.05, 4.69) is 22.3 Å². The van der Waals surface area contributed by atoms with Crippen molar-refractivity contribution in [3.63, 3.8) is 0 Å². The highest BCUT2D eigenvalue weighted by Crippen LogP contribution is 2.16. The van der Waals surface area contributed by atoms with Crippen LogP contribution in [0.3, 0.4) is 0 Å². The predicted molar refractivity (Wildman–Crippen MR) is 79.1 cm³/mol. The van der Waals surface area contributed by atoms with Gasteiger partial charge in [-0.1, -0.05) is 31.2 Å². The highest BCUT2D eigenvalue weighted by Gasteiger charge is 2.17. The van der Waals surface area contributed by atoms with Crippen LogP contribution in [0.15, 0.2) is 24.3 Å². The van der Waals surface area contributed by atoms with Crippen molar-refractivity contribution in [3.8, 4) is 0 Å². The number of nitrogens with one attached hydrogen (secondary N) is 1. The van der Waals surface area contributed by atoms with E-state index in [9.17, 15) is 9.90 Å². The number of amides is 1. The van der Waals surface area contributed by atoms with Crippen LogP contribution in [-0.2, 0) is 17.9 Å². The molecule has 4 nitrogen and oxygen atoms in total. The molecule has 1 saturated heterocycles. The molecule has 0 saturated carbocycles. The molecule has 0 bridgehead atoms. The second kappa shape index (κ2) is 7.41. The molecule has 1 aromatic rings. The summed E-state index contributed by atoms with van der Waals surface area (Å²) in [6.45, 7) is 5.23. The number of likely N-dealkylation sites (tertiary alicyclic amines) is 1. The Kier molecular flexibility index (Phi) is 5.56. The Morgan fingerprint density at radius 1 is 1.30 bits per heavy atom. The van der Waals surface area contributed by atoms with Crippen LogP contribution in [0.2, 0.25) is 0 Å². The monoisotopic (exact) mass is 276 g/mol. The molecule has 0 aliphatic carbocycles. The van der Waals surface area contributed by atoms with Crippen molar-refractivity contribution < 1.29 is 9.90 Å². The highest BCUT2D eigenvalue weighted by atomic mass is 16.3. The number of carbonyl (C=O) groups excluding carboxylic acids is 1. The van der Waals surface area contributed by atoms with Crippen LogP contribution in [-0.4, -0.2) is 35.1 Å². The van der Waals surface area contributed by atoms with E-state index in [1.807, 2.05) is 19.1 Å². The Labute approximate surface area is 120 Å². The summed E-state index contributed by atoms with van der Waals surface area (Å²) in [6, 6.07) is 8.25. The smallest absolute Gasteiger partial charge is 0.219 e. The van der Waals surface area contributed by atoms with E-state index in [-0.39, 0.29) is 12.0 Å². The molecule has 1 aliphatic heterocycles. The number of aliphatic hydroxyl groups is 1. The zero-order chi connectivity index (χ0) is 14.4. The van der Waals surface area contributed by atoms with Gasteiger partial charge in [0.25, 0.3) is 0 Å². The number of rotatable bonds is 5. The molecule has 0 radical (unpaired) electrons. The molecular formula is C16H24N2O2. The quantitative estimate of drug-likeness (QED) is 0.860. The maximum atomic E-state index is 11.4. The van der Waals surface area contributed by atoms with E-state index in [1.54, 1.807) is 0 Å². The minimum Gasteiger partial charge on any atom is -0.393 e. The summed E-state index contributed by atoms with van der Waals surface area (Å²) in [6.07, 6.45) is 2.10. The summed E-state index contributed by atoms with van der Waals surface area (Å²) in [5.41, 5.74) is 2.45. The highest BCUT2D eigenvalue weighted by molar-refractivity contribution is 5.75. The molecule has 1 aromatic carbocycles. The minimum atomic E-state index is -0.134. The fraction of sp³-hybridized carbons (Fsp3) is 0.562.